The first-order valence-corrected chi connectivity index (χ1v) is 9.83. The molecule has 5 heteroatoms. The van der Waals surface area contributed by atoms with Gasteiger partial charge in [0.25, 0.3) is 0 Å². The molecule has 120 valence electrons. The van der Waals surface area contributed by atoms with Gasteiger partial charge in [-0.05, 0) is 50.5 Å². The highest BCUT2D eigenvalue weighted by Gasteiger charge is 2.30. The minimum Gasteiger partial charge on any atom is -0.352 e. The fourth-order valence-electron chi connectivity index (χ4n) is 3.74. The summed E-state index contributed by atoms with van der Waals surface area (Å²) < 4.78 is 0. The van der Waals surface area contributed by atoms with Gasteiger partial charge in [0.05, 0.1) is 0 Å². The second-order valence-corrected chi connectivity index (χ2v) is 7.22. The normalized spacial score (nSPS) is 20.0. The number of fused-ring (bicyclic) bond motifs is 1. The van der Waals surface area contributed by atoms with Crippen molar-refractivity contribution in [3.63, 3.8) is 0 Å². The molecule has 1 unspecified atom stereocenters. The lowest BCUT2D eigenvalue weighted by atomic mass is 10.2. The van der Waals surface area contributed by atoms with Gasteiger partial charge < -0.3 is 4.90 Å². The van der Waals surface area contributed by atoms with E-state index in [9.17, 15) is 0 Å². The fraction of sp³-hybridized carbons (Fsp3) is 0.500. The van der Waals surface area contributed by atoms with Crippen molar-refractivity contribution in [1.29, 1.82) is 0 Å². The Morgan fingerprint density at radius 2 is 2.17 bits per heavy atom. The molecular weight excluding hydrogens is 304 g/mol. The number of pyridine rings is 1. The largest absolute Gasteiger partial charge is 0.352 e. The van der Waals surface area contributed by atoms with Crippen molar-refractivity contribution in [2.75, 3.05) is 23.5 Å². The molecule has 1 atom stereocenters. The molecule has 0 N–H and O–H groups in total. The molecule has 2 aromatic rings. The van der Waals surface area contributed by atoms with Gasteiger partial charge in [-0.25, -0.2) is 9.97 Å². The van der Waals surface area contributed by atoms with Crippen molar-refractivity contribution in [3.05, 3.63) is 35.7 Å². The molecule has 1 aliphatic carbocycles. The number of hydrogen-bond acceptors (Lipinski definition) is 5. The van der Waals surface area contributed by atoms with Gasteiger partial charge in [-0.3, -0.25) is 4.98 Å². The molecule has 0 amide bonds. The number of aryl methyl sites for hydroxylation is 1. The lowest BCUT2D eigenvalue weighted by Gasteiger charge is -2.27. The van der Waals surface area contributed by atoms with Crippen LogP contribution in [0.1, 0.15) is 30.5 Å². The number of aromatic nitrogens is 3. The Labute approximate surface area is 141 Å². The zero-order chi connectivity index (χ0) is 15.6. The van der Waals surface area contributed by atoms with Gasteiger partial charge in [-0.15, -0.1) is 0 Å². The van der Waals surface area contributed by atoms with Crippen molar-refractivity contribution < 1.29 is 0 Å². The minimum absolute atomic E-state index is 0.612. The monoisotopic (exact) mass is 326 g/mol. The van der Waals surface area contributed by atoms with Crippen molar-refractivity contribution in [3.8, 4) is 11.5 Å². The second kappa shape index (κ2) is 6.48. The van der Waals surface area contributed by atoms with Crippen LogP contribution in [0.4, 0.5) is 5.82 Å². The van der Waals surface area contributed by atoms with E-state index in [1.807, 2.05) is 36.2 Å². The van der Waals surface area contributed by atoms with Crippen LogP contribution in [0, 0.1) is 0 Å². The maximum Gasteiger partial charge on any atom is 0.180 e. The van der Waals surface area contributed by atoms with Gasteiger partial charge >= 0.3 is 0 Å². The van der Waals surface area contributed by atoms with Crippen molar-refractivity contribution >= 4 is 17.6 Å². The highest BCUT2D eigenvalue weighted by atomic mass is 32.2. The molecule has 0 aromatic carbocycles. The zero-order valence-electron chi connectivity index (χ0n) is 13.5. The Morgan fingerprint density at radius 3 is 3.00 bits per heavy atom. The van der Waals surface area contributed by atoms with Crippen LogP contribution in [-0.2, 0) is 12.8 Å². The van der Waals surface area contributed by atoms with E-state index in [0.717, 1.165) is 30.9 Å². The highest BCUT2D eigenvalue weighted by Crippen LogP contribution is 2.35. The first kappa shape index (κ1) is 14.9. The quantitative estimate of drug-likeness (QED) is 0.862. The lowest BCUT2D eigenvalue weighted by Crippen LogP contribution is -2.33. The number of thioether (sulfide) groups is 1. The maximum absolute atomic E-state index is 4.97. The van der Waals surface area contributed by atoms with Gasteiger partial charge in [0.15, 0.2) is 5.82 Å². The van der Waals surface area contributed by atoms with Crippen LogP contribution in [0.2, 0.25) is 0 Å². The summed E-state index contributed by atoms with van der Waals surface area (Å²) in [6.07, 6.45) is 9.95. The van der Waals surface area contributed by atoms with E-state index >= 15 is 0 Å². The van der Waals surface area contributed by atoms with Gasteiger partial charge in [0, 0.05) is 35.8 Å². The molecule has 1 fully saturated rings. The van der Waals surface area contributed by atoms with Crippen LogP contribution >= 0.6 is 11.8 Å². The molecular formula is C18H22N4S. The Kier molecular flexibility index (Phi) is 4.21. The summed E-state index contributed by atoms with van der Waals surface area (Å²) in [6, 6.07) is 6.56. The van der Waals surface area contributed by atoms with Crippen molar-refractivity contribution in [1.82, 2.24) is 15.0 Å². The molecule has 2 aromatic heterocycles. The van der Waals surface area contributed by atoms with Gasteiger partial charge in [0.2, 0.25) is 0 Å². The Bertz CT molecular complexity index is 689. The highest BCUT2D eigenvalue weighted by molar-refractivity contribution is 7.98. The van der Waals surface area contributed by atoms with E-state index in [1.54, 1.807) is 0 Å². The van der Waals surface area contributed by atoms with E-state index < -0.39 is 0 Å². The summed E-state index contributed by atoms with van der Waals surface area (Å²) >= 11 is 1.93. The average Bonchev–Trinajstić information content (AvgIpc) is 3.24. The van der Waals surface area contributed by atoms with Crippen LogP contribution < -0.4 is 4.90 Å². The van der Waals surface area contributed by atoms with E-state index in [2.05, 4.69) is 16.1 Å². The van der Waals surface area contributed by atoms with E-state index in [4.69, 9.17) is 9.97 Å². The summed E-state index contributed by atoms with van der Waals surface area (Å²) in [5.74, 6) is 3.15. The molecule has 0 spiro atoms. The summed E-state index contributed by atoms with van der Waals surface area (Å²) in [6.45, 7) is 1.12. The maximum atomic E-state index is 4.97. The second-order valence-electron chi connectivity index (χ2n) is 6.31. The third kappa shape index (κ3) is 2.82. The average molecular weight is 326 g/mol. The predicted molar refractivity (Wildman–Crippen MR) is 96.0 cm³/mol. The molecule has 0 saturated carbocycles. The zero-order valence-corrected chi connectivity index (χ0v) is 14.4. The van der Waals surface area contributed by atoms with Crippen LogP contribution in [-0.4, -0.2) is 39.5 Å². The van der Waals surface area contributed by atoms with Gasteiger partial charge in [-0.2, -0.15) is 11.8 Å². The molecule has 1 aliphatic heterocycles. The molecule has 0 radical (unpaired) electrons. The SMILES string of the molecule is CSCC1CCCN1c1nc(-c2ccccn2)nc2c1CCC2. The molecule has 1 saturated heterocycles. The molecule has 3 heterocycles. The minimum atomic E-state index is 0.612. The first-order valence-electron chi connectivity index (χ1n) is 8.43. The van der Waals surface area contributed by atoms with E-state index in [1.165, 1.54) is 42.1 Å². The number of rotatable bonds is 4. The van der Waals surface area contributed by atoms with Crippen LogP contribution in [0.5, 0.6) is 0 Å². The topological polar surface area (TPSA) is 41.9 Å². The Hall–Kier alpha value is -1.62. The smallest absolute Gasteiger partial charge is 0.180 e. The molecule has 4 rings (SSSR count). The third-order valence-corrected chi connectivity index (χ3v) is 5.53. The Balaban J connectivity index is 1.78. The third-order valence-electron chi connectivity index (χ3n) is 4.81. The standard InChI is InChI=1S/C18H22N4S/c1-23-12-13-6-5-11-22(13)18-14-7-4-9-15(14)20-17(21-18)16-8-2-3-10-19-16/h2-3,8,10,13H,4-7,9,11-12H2,1H3. The number of hydrogen-bond donors (Lipinski definition) is 0. The first-order chi connectivity index (χ1) is 11.4. The summed E-state index contributed by atoms with van der Waals surface area (Å²) in [7, 11) is 0. The molecule has 23 heavy (non-hydrogen) atoms. The van der Waals surface area contributed by atoms with Crippen LogP contribution in [0.3, 0.4) is 0 Å². The number of anilines is 1. The fourth-order valence-corrected chi connectivity index (χ4v) is 4.47. The Morgan fingerprint density at radius 1 is 1.22 bits per heavy atom. The van der Waals surface area contributed by atoms with Crippen LogP contribution in [0.25, 0.3) is 11.5 Å². The summed E-state index contributed by atoms with van der Waals surface area (Å²) in [4.78, 5) is 16.8. The predicted octanol–water partition coefficient (Wildman–Crippen LogP) is 3.36. The van der Waals surface area contributed by atoms with Crippen LogP contribution in [0.15, 0.2) is 24.4 Å². The van der Waals surface area contributed by atoms with Crippen molar-refractivity contribution in [2.45, 2.75) is 38.1 Å². The van der Waals surface area contributed by atoms with Gasteiger partial charge in [-0.1, -0.05) is 6.07 Å². The number of nitrogens with zero attached hydrogens (tertiary/aromatic N) is 4. The van der Waals surface area contributed by atoms with Crippen molar-refractivity contribution in [2.24, 2.45) is 0 Å². The van der Waals surface area contributed by atoms with E-state index in [0.29, 0.717) is 6.04 Å². The summed E-state index contributed by atoms with van der Waals surface area (Å²) in [5, 5.41) is 0. The molecule has 0 bridgehead atoms. The summed E-state index contributed by atoms with van der Waals surface area (Å²) in [5.41, 5.74) is 3.51. The van der Waals surface area contributed by atoms with E-state index in [-0.39, 0.29) is 0 Å². The van der Waals surface area contributed by atoms with Gasteiger partial charge in [0.1, 0.15) is 11.5 Å². The molecule has 2 aliphatic rings. The molecule has 4 nitrogen and oxygen atoms in total. The lowest BCUT2D eigenvalue weighted by molar-refractivity contribution is 0.732.